The zero-order chi connectivity index (χ0) is 22.6. The second-order valence-electron chi connectivity index (χ2n) is 7.86. The minimum atomic E-state index is 0.0864. The van der Waals surface area contributed by atoms with Crippen LogP contribution in [0.5, 0.6) is 5.75 Å². The SMILES string of the molecule is CCCCCCCCCC(=O)Nc1ccc(-c2csc(Nc3ccccc3OC)n2)cc1. The van der Waals surface area contributed by atoms with Gasteiger partial charge >= 0.3 is 0 Å². The Morgan fingerprint density at radius 2 is 1.69 bits per heavy atom. The van der Waals surface area contributed by atoms with Crippen molar-refractivity contribution in [3.05, 3.63) is 53.9 Å². The van der Waals surface area contributed by atoms with Gasteiger partial charge in [-0.3, -0.25) is 4.79 Å². The molecule has 0 unspecified atom stereocenters. The highest BCUT2D eigenvalue weighted by Gasteiger charge is 2.08. The Hall–Kier alpha value is -2.86. The average molecular weight is 452 g/mol. The number of ether oxygens (including phenoxy) is 1. The molecule has 0 atom stereocenters. The van der Waals surface area contributed by atoms with Gasteiger partial charge in [0.25, 0.3) is 0 Å². The van der Waals surface area contributed by atoms with Crippen molar-refractivity contribution < 1.29 is 9.53 Å². The number of anilines is 3. The highest BCUT2D eigenvalue weighted by Crippen LogP contribution is 2.31. The number of carbonyl (C=O) groups excluding carboxylic acids is 1. The van der Waals surface area contributed by atoms with Crippen LogP contribution in [0.1, 0.15) is 58.3 Å². The maximum atomic E-state index is 12.2. The molecule has 0 aliphatic rings. The first-order valence-electron chi connectivity index (χ1n) is 11.5. The Morgan fingerprint density at radius 1 is 0.969 bits per heavy atom. The number of aromatic nitrogens is 1. The fourth-order valence-corrected chi connectivity index (χ4v) is 4.25. The molecule has 3 rings (SSSR count). The molecule has 0 aliphatic heterocycles. The smallest absolute Gasteiger partial charge is 0.224 e. The first kappa shape index (κ1) is 23.8. The van der Waals surface area contributed by atoms with Crippen molar-refractivity contribution in [3.8, 4) is 17.0 Å². The Labute approximate surface area is 195 Å². The largest absolute Gasteiger partial charge is 0.495 e. The van der Waals surface area contributed by atoms with Gasteiger partial charge in [0.05, 0.1) is 18.5 Å². The second-order valence-corrected chi connectivity index (χ2v) is 8.72. The minimum Gasteiger partial charge on any atom is -0.495 e. The molecule has 0 spiro atoms. The molecule has 0 bridgehead atoms. The van der Waals surface area contributed by atoms with Crippen molar-refractivity contribution >= 4 is 33.8 Å². The summed E-state index contributed by atoms with van der Waals surface area (Å²) in [5.74, 6) is 0.865. The number of unbranched alkanes of at least 4 members (excludes halogenated alkanes) is 6. The first-order valence-corrected chi connectivity index (χ1v) is 12.3. The van der Waals surface area contributed by atoms with E-state index in [9.17, 15) is 4.79 Å². The lowest BCUT2D eigenvalue weighted by Gasteiger charge is -2.08. The van der Waals surface area contributed by atoms with Crippen LogP contribution in [0.3, 0.4) is 0 Å². The van der Waals surface area contributed by atoms with E-state index in [0.29, 0.717) is 6.42 Å². The third-order valence-electron chi connectivity index (χ3n) is 5.32. The Kier molecular flexibility index (Phi) is 9.57. The zero-order valence-electron chi connectivity index (χ0n) is 19.0. The Bertz CT molecular complexity index is 969. The Morgan fingerprint density at radius 3 is 2.44 bits per heavy atom. The summed E-state index contributed by atoms with van der Waals surface area (Å²) >= 11 is 1.54. The van der Waals surface area contributed by atoms with Crippen LogP contribution < -0.4 is 15.4 Å². The summed E-state index contributed by atoms with van der Waals surface area (Å²) < 4.78 is 5.38. The van der Waals surface area contributed by atoms with Crippen LogP contribution in [0.2, 0.25) is 0 Å². The van der Waals surface area contributed by atoms with Crippen LogP contribution in [0, 0.1) is 0 Å². The lowest BCUT2D eigenvalue weighted by Crippen LogP contribution is -2.10. The van der Waals surface area contributed by atoms with Crippen molar-refractivity contribution in [3.63, 3.8) is 0 Å². The number of nitrogens with one attached hydrogen (secondary N) is 2. The van der Waals surface area contributed by atoms with Gasteiger partial charge in [-0.05, 0) is 30.7 Å². The molecule has 1 aromatic heterocycles. The van der Waals surface area contributed by atoms with E-state index in [1.54, 1.807) is 18.4 Å². The molecule has 0 saturated heterocycles. The van der Waals surface area contributed by atoms with Crippen molar-refractivity contribution in [1.29, 1.82) is 0 Å². The van der Waals surface area contributed by atoms with Gasteiger partial charge in [0.1, 0.15) is 5.75 Å². The average Bonchev–Trinajstić information content (AvgIpc) is 3.28. The summed E-state index contributed by atoms with van der Waals surface area (Å²) in [5.41, 5.74) is 3.62. The maximum absolute atomic E-state index is 12.2. The van der Waals surface area contributed by atoms with Gasteiger partial charge in [0.2, 0.25) is 5.91 Å². The van der Waals surface area contributed by atoms with E-state index >= 15 is 0 Å². The van der Waals surface area contributed by atoms with E-state index in [1.807, 2.05) is 53.9 Å². The summed E-state index contributed by atoms with van der Waals surface area (Å²) in [5, 5.41) is 9.14. The number of amides is 1. The summed E-state index contributed by atoms with van der Waals surface area (Å²) in [4.78, 5) is 16.9. The van der Waals surface area contributed by atoms with E-state index in [1.165, 1.54) is 32.1 Å². The van der Waals surface area contributed by atoms with Crippen LogP contribution in [-0.2, 0) is 4.79 Å². The number of methoxy groups -OCH3 is 1. The normalized spacial score (nSPS) is 10.7. The third kappa shape index (κ3) is 7.38. The van der Waals surface area contributed by atoms with Crippen LogP contribution in [0.25, 0.3) is 11.3 Å². The van der Waals surface area contributed by atoms with Crippen LogP contribution in [0.4, 0.5) is 16.5 Å². The number of rotatable bonds is 13. The molecule has 2 N–H and O–H groups in total. The number of carbonyl (C=O) groups is 1. The van der Waals surface area contributed by atoms with Gasteiger partial charge in [-0.15, -0.1) is 11.3 Å². The summed E-state index contributed by atoms with van der Waals surface area (Å²) in [6, 6.07) is 15.6. The van der Waals surface area contributed by atoms with Crippen LogP contribution >= 0.6 is 11.3 Å². The molecule has 1 heterocycles. The third-order valence-corrected chi connectivity index (χ3v) is 6.08. The number of hydrogen-bond acceptors (Lipinski definition) is 5. The molecule has 170 valence electrons. The number of benzene rings is 2. The summed E-state index contributed by atoms with van der Waals surface area (Å²) in [6.45, 7) is 2.23. The zero-order valence-corrected chi connectivity index (χ0v) is 19.8. The molecule has 2 aromatic carbocycles. The number of nitrogens with zero attached hydrogens (tertiary/aromatic N) is 1. The predicted octanol–water partition coefficient (Wildman–Crippen LogP) is 7.64. The lowest BCUT2D eigenvalue weighted by atomic mass is 10.1. The van der Waals surface area contributed by atoms with Crippen molar-refractivity contribution in [2.24, 2.45) is 0 Å². The van der Waals surface area contributed by atoms with Crippen molar-refractivity contribution in [1.82, 2.24) is 4.98 Å². The molecule has 0 saturated carbocycles. The van der Waals surface area contributed by atoms with Gasteiger partial charge in [-0.1, -0.05) is 69.7 Å². The van der Waals surface area contributed by atoms with E-state index < -0.39 is 0 Å². The predicted molar refractivity (Wildman–Crippen MR) is 135 cm³/mol. The van der Waals surface area contributed by atoms with Crippen molar-refractivity contribution in [2.45, 2.75) is 58.3 Å². The van der Waals surface area contributed by atoms with Gasteiger partial charge in [0, 0.05) is 23.1 Å². The Balaban J connectivity index is 1.47. The monoisotopic (exact) mass is 451 g/mol. The van der Waals surface area contributed by atoms with Crippen LogP contribution in [0.15, 0.2) is 53.9 Å². The van der Waals surface area contributed by atoms with Gasteiger partial charge in [0.15, 0.2) is 5.13 Å². The molecule has 32 heavy (non-hydrogen) atoms. The molecule has 0 radical (unpaired) electrons. The molecular formula is C26H33N3O2S. The molecule has 3 aromatic rings. The molecule has 6 heteroatoms. The molecule has 5 nitrogen and oxygen atoms in total. The number of thiazole rings is 1. The lowest BCUT2D eigenvalue weighted by molar-refractivity contribution is -0.116. The summed E-state index contributed by atoms with van der Waals surface area (Å²) in [7, 11) is 1.66. The van der Waals surface area contributed by atoms with Crippen LogP contribution in [-0.4, -0.2) is 18.0 Å². The maximum Gasteiger partial charge on any atom is 0.224 e. The fourth-order valence-electron chi connectivity index (χ4n) is 3.52. The topological polar surface area (TPSA) is 63.2 Å². The first-order chi connectivity index (χ1) is 15.7. The van der Waals surface area contributed by atoms with E-state index in [4.69, 9.17) is 4.74 Å². The van der Waals surface area contributed by atoms with E-state index in [-0.39, 0.29) is 5.91 Å². The second kappa shape index (κ2) is 12.9. The van der Waals surface area contributed by atoms with Gasteiger partial charge < -0.3 is 15.4 Å². The van der Waals surface area contributed by atoms with Gasteiger partial charge in [-0.2, -0.15) is 0 Å². The van der Waals surface area contributed by atoms with E-state index in [0.717, 1.165) is 46.4 Å². The van der Waals surface area contributed by atoms with Crippen molar-refractivity contribution in [2.75, 3.05) is 17.7 Å². The number of hydrogen-bond donors (Lipinski definition) is 2. The summed E-state index contributed by atoms with van der Waals surface area (Å²) in [6.07, 6.45) is 9.07. The molecule has 0 fully saturated rings. The fraction of sp³-hybridized carbons (Fsp3) is 0.385. The molecule has 0 aliphatic carbocycles. The standard InChI is InChI=1S/C26H33N3O2S/c1-3-4-5-6-7-8-9-14-25(30)27-21-17-15-20(16-18-21)23-19-32-26(29-23)28-22-12-10-11-13-24(22)31-2/h10-13,15-19H,3-9,14H2,1-2H3,(H,27,30)(H,28,29). The molecular weight excluding hydrogens is 418 g/mol. The van der Waals surface area contributed by atoms with Gasteiger partial charge in [-0.25, -0.2) is 4.98 Å². The number of para-hydroxylation sites is 2. The minimum absolute atomic E-state index is 0.0864. The van der Waals surface area contributed by atoms with E-state index in [2.05, 4.69) is 22.5 Å². The quantitative estimate of drug-likeness (QED) is 0.262. The highest BCUT2D eigenvalue weighted by molar-refractivity contribution is 7.14. The highest BCUT2D eigenvalue weighted by atomic mass is 32.1. The molecule has 1 amide bonds.